The average Bonchev–Trinajstić information content (AvgIpc) is 3.16. The van der Waals surface area contributed by atoms with Gasteiger partial charge in [-0.05, 0) is 51.8 Å². The van der Waals surface area contributed by atoms with Gasteiger partial charge in [-0.1, -0.05) is 18.2 Å². The Morgan fingerprint density at radius 2 is 1.97 bits per heavy atom. The van der Waals surface area contributed by atoms with Crippen LogP contribution in [-0.4, -0.2) is 44.6 Å². The van der Waals surface area contributed by atoms with Crippen molar-refractivity contribution in [2.45, 2.75) is 39.7 Å². The Labute approximate surface area is 176 Å². The van der Waals surface area contributed by atoms with Crippen LogP contribution >= 0.6 is 0 Å². The first-order valence-corrected chi connectivity index (χ1v) is 10.4. The highest BCUT2D eigenvalue weighted by molar-refractivity contribution is 5.99. The zero-order chi connectivity index (χ0) is 21.3. The van der Waals surface area contributed by atoms with Crippen LogP contribution < -0.4 is 5.32 Å². The molecule has 30 heavy (non-hydrogen) atoms. The van der Waals surface area contributed by atoms with E-state index in [9.17, 15) is 9.59 Å². The van der Waals surface area contributed by atoms with Crippen molar-refractivity contribution in [1.82, 2.24) is 19.7 Å². The van der Waals surface area contributed by atoms with Crippen LogP contribution in [0.25, 0.3) is 11.0 Å². The second-order valence-electron chi connectivity index (χ2n) is 8.16. The molecule has 0 saturated carbocycles. The highest BCUT2D eigenvalue weighted by Crippen LogP contribution is 2.24. The molecule has 0 radical (unpaired) electrons. The molecule has 1 aromatic carbocycles. The minimum atomic E-state index is -0.219. The van der Waals surface area contributed by atoms with Crippen LogP contribution in [0.1, 0.15) is 48.8 Å². The Morgan fingerprint density at radius 1 is 1.20 bits per heavy atom. The van der Waals surface area contributed by atoms with Gasteiger partial charge in [0.1, 0.15) is 0 Å². The Kier molecular flexibility index (Phi) is 5.53. The summed E-state index contributed by atoms with van der Waals surface area (Å²) in [7, 11) is 0. The van der Waals surface area contributed by atoms with Gasteiger partial charge >= 0.3 is 0 Å². The van der Waals surface area contributed by atoms with Gasteiger partial charge in [0.2, 0.25) is 5.91 Å². The largest absolute Gasteiger partial charge is 0.338 e. The van der Waals surface area contributed by atoms with E-state index in [0.29, 0.717) is 24.3 Å². The van der Waals surface area contributed by atoms with Gasteiger partial charge in [0.15, 0.2) is 5.65 Å². The molecule has 0 unspecified atom stereocenters. The second kappa shape index (κ2) is 8.26. The van der Waals surface area contributed by atoms with Crippen molar-refractivity contribution < 1.29 is 9.59 Å². The molecule has 2 amide bonds. The highest BCUT2D eigenvalue weighted by atomic mass is 16.2. The molecule has 3 aromatic rings. The Hall–Kier alpha value is -3.22. The summed E-state index contributed by atoms with van der Waals surface area (Å²) in [5.74, 6) is -0.331. The number of aryl methyl sites for hydroxylation is 1. The number of nitrogens with one attached hydrogen (secondary N) is 1. The molecule has 0 spiro atoms. The summed E-state index contributed by atoms with van der Waals surface area (Å²) in [6.07, 6.45) is 3.34. The van der Waals surface area contributed by atoms with Gasteiger partial charge in [-0.3, -0.25) is 9.59 Å². The smallest absolute Gasteiger partial charge is 0.255 e. The standard InChI is InChI=1S/C23H27N5O2/c1-15(2)28-21-18(13-24-28)12-20(16(3)25-21)23(30)27-11-7-8-17(14-27)22(29)26-19-9-5-4-6-10-19/h4-6,9-10,12-13,15,17H,7-8,11,14H2,1-3H3,(H,26,29)/t17-/m1/s1. The third kappa shape index (κ3) is 3.92. The first-order chi connectivity index (χ1) is 14.4. The molecule has 1 N–H and O–H groups in total. The van der Waals surface area contributed by atoms with Gasteiger partial charge in [0, 0.05) is 30.2 Å². The number of hydrogen-bond donors (Lipinski definition) is 1. The summed E-state index contributed by atoms with van der Waals surface area (Å²) in [4.78, 5) is 32.4. The number of fused-ring (bicyclic) bond motifs is 1. The van der Waals surface area contributed by atoms with E-state index in [1.807, 2.05) is 48.0 Å². The number of pyridine rings is 1. The summed E-state index contributed by atoms with van der Waals surface area (Å²) in [6, 6.07) is 11.5. The summed E-state index contributed by atoms with van der Waals surface area (Å²) in [6.45, 7) is 7.03. The van der Waals surface area contributed by atoms with Crippen molar-refractivity contribution in [2.75, 3.05) is 18.4 Å². The summed E-state index contributed by atoms with van der Waals surface area (Å²) in [5, 5.41) is 8.21. The number of amides is 2. The quantitative estimate of drug-likeness (QED) is 0.716. The van der Waals surface area contributed by atoms with E-state index >= 15 is 0 Å². The van der Waals surface area contributed by atoms with Gasteiger partial charge in [0.25, 0.3) is 5.91 Å². The number of anilines is 1. The summed E-state index contributed by atoms with van der Waals surface area (Å²) >= 11 is 0. The average molecular weight is 406 g/mol. The number of hydrogen-bond acceptors (Lipinski definition) is 4. The molecule has 1 atom stereocenters. The van der Waals surface area contributed by atoms with Crippen molar-refractivity contribution in [1.29, 1.82) is 0 Å². The van der Waals surface area contributed by atoms with Gasteiger partial charge in [-0.25, -0.2) is 9.67 Å². The fourth-order valence-corrected chi connectivity index (χ4v) is 3.97. The van der Waals surface area contributed by atoms with E-state index in [0.717, 1.165) is 29.6 Å². The van der Waals surface area contributed by atoms with Crippen molar-refractivity contribution in [2.24, 2.45) is 5.92 Å². The molecule has 2 aromatic heterocycles. The number of piperidine rings is 1. The van der Waals surface area contributed by atoms with Crippen LogP contribution in [0.3, 0.4) is 0 Å². The molecular formula is C23H27N5O2. The van der Waals surface area contributed by atoms with Gasteiger partial charge in [0.05, 0.1) is 23.4 Å². The first-order valence-electron chi connectivity index (χ1n) is 10.4. The van der Waals surface area contributed by atoms with E-state index in [-0.39, 0.29) is 23.8 Å². The third-order valence-corrected chi connectivity index (χ3v) is 5.60. The van der Waals surface area contributed by atoms with Crippen molar-refractivity contribution >= 4 is 28.5 Å². The van der Waals surface area contributed by atoms with Crippen molar-refractivity contribution in [3.63, 3.8) is 0 Å². The van der Waals surface area contributed by atoms with Crippen LogP contribution in [0.2, 0.25) is 0 Å². The number of benzene rings is 1. The lowest BCUT2D eigenvalue weighted by atomic mass is 9.96. The topological polar surface area (TPSA) is 80.1 Å². The normalized spacial score (nSPS) is 16.8. The molecule has 7 nitrogen and oxygen atoms in total. The van der Waals surface area contributed by atoms with Gasteiger partial charge < -0.3 is 10.2 Å². The maximum Gasteiger partial charge on any atom is 0.255 e. The summed E-state index contributed by atoms with van der Waals surface area (Å²) < 4.78 is 1.86. The van der Waals surface area contributed by atoms with Gasteiger partial charge in [-0.2, -0.15) is 5.10 Å². The maximum absolute atomic E-state index is 13.3. The van der Waals surface area contributed by atoms with E-state index in [1.54, 1.807) is 11.1 Å². The Morgan fingerprint density at radius 3 is 2.70 bits per heavy atom. The SMILES string of the molecule is Cc1nc2c(cnn2C(C)C)cc1C(=O)N1CCC[C@@H](C(=O)Nc2ccccc2)C1. The highest BCUT2D eigenvalue weighted by Gasteiger charge is 2.30. The predicted octanol–water partition coefficient (Wildman–Crippen LogP) is 3.81. The molecule has 0 aliphatic carbocycles. The predicted molar refractivity (Wildman–Crippen MR) is 116 cm³/mol. The van der Waals surface area contributed by atoms with Crippen LogP contribution in [0.5, 0.6) is 0 Å². The molecule has 3 heterocycles. The van der Waals surface area contributed by atoms with Crippen LogP contribution in [-0.2, 0) is 4.79 Å². The molecule has 7 heteroatoms. The summed E-state index contributed by atoms with van der Waals surface area (Å²) in [5.41, 5.74) is 2.83. The number of aromatic nitrogens is 3. The monoisotopic (exact) mass is 405 g/mol. The number of rotatable bonds is 4. The lowest BCUT2D eigenvalue weighted by molar-refractivity contribution is -0.121. The molecule has 1 aliphatic rings. The van der Waals surface area contributed by atoms with E-state index in [1.165, 1.54) is 0 Å². The Bertz CT molecular complexity index is 1070. The van der Waals surface area contributed by atoms with Crippen molar-refractivity contribution in [3.8, 4) is 0 Å². The lowest BCUT2D eigenvalue weighted by Gasteiger charge is -2.32. The van der Waals surface area contributed by atoms with E-state index in [4.69, 9.17) is 0 Å². The minimum Gasteiger partial charge on any atom is -0.338 e. The van der Waals surface area contributed by atoms with Crippen LogP contribution in [0, 0.1) is 12.8 Å². The molecule has 1 saturated heterocycles. The number of para-hydroxylation sites is 1. The zero-order valence-corrected chi connectivity index (χ0v) is 17.6. The number of likely N-dealkylation sites (tertiary alicyclic amines) is 1. The molecule has 156 valence electrons. The fraction of sp³-hybridized carbons (Fsp3) is 0.391. The second-order valence-corrected chi connectivity index (χ2v) is 8.16. The Balaban J connectivity index is 1.51. The number of carbonyl (C=O) groups excluding carboxylic acids is 2. The molecule has 0 bridgehead atoms. The number of carbonyl (C=O) groups is 2. The third-order valence-electron chi connectivity index (χ3n) is 5.60. The van der Waals surface area contributed by atoms with Crippen LogP contribution in [0.4, 0.5) is 5.69 Å². The van der Waals surface area contributed by atoms with Crippen molar-refractivity contribution in [3.05, 3.63) is 53.9 Å². The van der Waals surface area contributed by atoms with E-state index < -0.39 is 0 Å². The lowest BCUT2D eigenvalue weighted by Crippen LogP contribution is -2.44. The van der Waals surface area contributed by atoms with E-state index in [2.05, 4.69) is 29.2 Å². The molecule has 1 aliphatic heterocycles. The van der Waals surface area contributed by atoms with Crippen LogP contribution in [0.15, 0.2) is 42.6 Å². The fourth-order valence-electron chi connectivity index (χ4n) is 3.97. The first kappa shape index (κ1) is 20.1. The van der Waals surface area contributed by atoms with Gasteiger partial charge in [-0.15, -0.1) is 0 Å². The molecular weight excluding hydrogens is 378 g/mol. The number of nitrogens with zero attached hydrogens (tertiary/aromatic N) is 4. The zero-order valence-electron chi connectivity index (χ0n) is 17.6. The maximum atomic E-state index is 13.3. The molecule has 1 fully saturated rings. The minimum absolute atomic E-state index is 0.0396. The molecule has 4 rings (SSSR count).